The highest BCUT2D eigenvalue weighted by Crippen LogP contribution is 2.14. The van der Waals surface area contributed by atoms with Gasteiger partial charge in [0, 0.05) is 31.9 Å². The predicted octanol–water partition coefficient (Wildman–Crippen LogP) is 2.22. The minimum Gasteiger partial charge on any atom is -0.385 e. The molecule has 0 spiro atoms. The highest BCUT2D eigenvalue weighted by molar-refractivity contribution is 5.94. The van der Waals surface area contributed by atoms with Gasteiger partial charge in [0.15, 0.2) is 0 Å². The van der Waals surface area contributed by atoms with E-state index < -0.39 is 0 Å². The van der Waals surface area contributed by atoms with Crippen molar-refractivity contribution in [2.75, 3.05) is 39.0 Å². The average Bonchev–Trinajstić information content (AvgIpc) is 2.46. The smallest absolute Gasteiger partial charge is 0.253 e. The van der Waals surface area contributed by atoms with Crippen LogP contribution in [0, 0.1) is 5.92 Å². The van der Waals surface area contributed by atoms with Crippen molar-refractivity contribution in [3.8, 4) is 0 Å². The number of hydrogen-bond acceptors (Lipinski definition) is 3. The van der Waals surface area contributed by atoms with Crippen LogP contribution in [-0.4, -0.2) is 44.5 Å². The number of halogens is 1. The first-order valence-corrected chi connectivity index (χ1v) is 6.93. The number of rotatable bonds is 4. The van der Waals surface area contributed by atoms with Crippen molar-refractivity contribution in [1.29, 1.82) is 0 Å². The van der Waals surface area contributed by atoms with Crippen LogP contribution in [0.4, 0.5) is 5.69 Å². The highest BCUT2D eigenvalue weighted by atomic mass is 35.5. The number of piperidine rings is 1. The van der Waals surface area contributed by atoms with Gasteiger partial charge in [0.1, 0.15) is 0 Å². The molecule has 0 saturated carbocycles. The van der Waals surface area contributed by atoms with E-state index in [1.807, 2.05) is 24.3 Å². The molecule has 112 valence electrons. The van der Waals surface area contributed by atoms with E-state index in [0.717, 1.165) is 30.9 Å². The van der Waals surface area contributed by atoms with Crippen molar-refractivity contribution >= 4 is 24.0 Å². The predicted molar refractivity (Wildman–Crippen MR) is 85.8 cm³/mol. The van der Waals surface area contributed by atoms with Crippen molar-refractivity contribution < 1.29 is 4.79 Å². The summed E-state index contributed by atoms with van der Waals surface area (Å²) in [6.45, 7) is 3.25. The van der Waals surface area contributed by atoms with Crippen LogP contribution in [0.25, 0.3) is 0 Å². The van der Waals surface area contributed by atoms with Crippen LogP contribution < -0.4 is 10.6 Å². The molecule has 1 unspecified atom stereocenters. The Morgan fingerprint density at radius 3 is 2.60 bits per heavy atom. The largest absolute Gasteiger partial charge is 0.385 e. The molecule has 1 aliphatic heterocycles. The van der Waals surface area contributed by atoms with Crippen molar-refractivity contribution in [3.63, 3.8) is 0 Å². The quantitative estimate of drug-likeness (QED) is 0.896. The summed E-state index contributed by atoms with van der Waals surface area (Å²) in [5.41, 5.74) is 1.82. The van der Waals surface area contributed by atoms with E-state index in [9.17, 15) is 4.79 Å². The van der Waals surface area contributed by atoms with E-state index in [0.29, 0.717) is 5.92 Å². The maximum atomic E-state index is 11.8. The van der Waals surface area contributed by atoms with Crippen LogP contribution in [0.1, 0.15) is 23.2 Å². The Morgan fingerprint density at radius 2 is 2.05 bits per heavy atom. The van der Waals surface area contributed by atoms with Crippen molar-refractivity contribution in [2.24, 2.45) is 5.92 Å². The SMILES string of the molecule is CN(C)C(=O)c1ccc(NCC2CCCNC2)cc1.Cl. The molecule has 20 heavy (non-hydrogen) atoms. The molecule has 0 bridgehead atoms. The molecular formula is C15H24ClN3O. The summed E-state index contributed by atoms with van der Waals surface area (Å²) < 4.78 is 0. The Hall–Kier alpha value is -1.26. The molecule has 1 fully saturated rings. The summed E-state index contributed by atoms with van der Waals surface area (Å²) in [7, 11) is 3.54. The molecule has 1 aliphatic rings. The Labute approximate surface area is 127 Å². The molecule has 0 aliphatic carbocycles. The minimum absolute atomic E-state index is 0. The highest BCUT2D eigenvalue weighted by Gasteiger charge is 2.12. The minimum atomic E-state index is 0. The number of anilines is 1. The molecule has 1 heterocycles. The van der Waals surface area contributed by atoms with Crippen LogP contribution in [0.15, 0.2) is 24.3 Å². The van der Waals surface area contributed by atoms with Crippen LogP contribution in [0.3, 0.4) is 0 Å². The zero-order valence-electron chi connectivity index (χ0n) is 12.2. The number of carbonyl (C=O) groups excluding carboxylic acids is 1. The number of amides is 1. The van der Waals surface area contributed by atoms with Gasteiger partial charge in [0.2, 0.25) is 0 Å². The first kappa shape index (κ1) is 16.8. The lowest BCUT2D eigenvalue weighted by Gasteiger charge is -2.23. The van der Waals surface area contributed by atoms with E-state index in [1.54, 1.807) is 19.0 Å². The van der Waals surface area contributed by atoms with Gasteiger partial charge in [-0.25, -0.2) is 0 Å². The van der Waals surface area contributed by atoms with Gasteiger partial charge in [-0.2, -0.15) is 0 Å². The summed E-state index contributed by atoms with van der Waals surface area (Å²) in [5.74, 6) is 0.750. The average molecular weight is 298 g/mol. The molecular weight excluding hydrogens is 274 g/mol. The van der Waals surface area contributed by atoms with Crippen LogP contribution in [-0.2, 0) is 0 Å². The Balaban J connectivity index is 0.00000200. The van der Waals surface area contributed by atoms with Gasteiger partial charge in [-0.15, -0.1) is 12.4 Å². The Bertz CT molecular complexity index is 414. The Kier molecular flexibility index (Phi) is 6.82. The molecule has 1 amide bonds. The van der Waals surface area contributed by atoms with E-state index in [-0.39, 0.29) is 18.3 Å². The molecule has 1 atom stereocenters. The molecule has 1 aromatic carbocycles. The molecule has 5 heteroatoms. The third-order valence-corrected chi connectivity index (χ3v) is 3.53. The standard InChI is InChI=1S/C15H23N3O.ClH/c1-18(2)15(19)13-5-7-14(8-6-13)17-11-12-4-3-9-16-10-12;/h5-8,12,16-17H,3-4,9-11H2,1-2H3;1H. The first-order valence-electron chi connectivity index (χ1n) is 6.93. The fourth-order valence-corrected chi connectivity index (χ4v) is 2.35. The monoisotopic (exact) mass is 297 g/mol. The lowest BCUT2D eigenvalue weighted by atomic mass is 10.00. The second-order valence-electron chi connectivity index (χ2n) is 5.37. The fourth-order valence-electron chi connectivity index (χ4n) is 2.35. The van der Waals surface area contributed by atoms with E-state index >= 15 is 0 Å². The van der Waals surface area contributed by atoms with Crippen LogP contribution >= 0.6 is 12.4 Å². The number of hydrogen-bond donors (Lipinski definition) is 2. The Morgan fingerprint density at radius 1 is 1.35 bits per heavy atom. The molecule has 0 aromatic heterocycles. The van der Waals surface area contributed by atoms with Gasteiger partial charge < -0.3 is 15.5 Å². The number of benzene rings is 1. The molecule has 1 saturated heterocycles. The zero-order valence-corrected chi connectivity index (χ0v) is 13.0. The van der Waals surface area contributed by atoms with Crippen LogP contribution in [0.2, 0.25) is 0 Å². The zero-order chi connectivity index (χ0) is 13.7. The molecule has 4 nitrogen and oxygen atoms in total. The first-order chi connectivity index (χ1) is 9.16. The van der Waals surface area contributed by atoms with E-state index in [1.165, 1.54) is 12.8 Å². The lowest BCUT2D eigenvalue weighted by molar-refractivity contribution is 0.0827. The van der Waals surface area contributed by atoms with Crippen molar-refractivity contribution in [1.82, 2.24) is 10.2 Å². The number of nitrogens with zero attached hydrogens (tertiary/aromatic N) is 1. The summed E-state index contributed by atoms with van der Waals surface area (Å²) in [4.78, 5) is 13.4. The van der Waals surface area contributed by atoms with Gasteiger partial charge in [-0.1, -0.05) is 0 Å². The molecule has 2 rings (SSSR count). The second kappa shape index (κ2) is 8.12. The molecule has 2 N–H and O–H groups in total. The fraction of sp³-hybridized carbons (Fsp3) is 0.533. The summed E-state index contributed by atoms with van der Waals surface area (Å²) in [6, 6.07) is 7.72. The summed E-state index contributed by atoms with van der Waals surface area (Å²) in [6.07, 6.45) is 2.56. The number of carbonyl (C=O) groups is 1. The van der Waals surface area contributed by atoms with Gasteiger partial charge in [0.25, 0.3) is 5.91 Å². The normalized spacial score (nSPS) is 18.0. The second-order valence-corrected chi connectivity index (χ2v) is 5.37. The van der Waals surface area contributed by atoms with Gasteiger partial charge in [-0.05, 0) is 56.1 Å². The number of nitrogens with one attached hydrogen (secondary N) is 2. The van der Waals surface area contributed by atoms with Gasteiger partial charge in [-0.3, -0.25) is 4.79 Å². The van der Waals surface area contributed by atoms with E-state index in [2.05, 4.69) is 10.6 Å². The maximum absolute atomic E-state index is 11.8. The lowest BCUT2D eigenvalue weighted by Crippen LogP contribution is -2.33. The van der Waals surface area contributed by atoms with Crippen molar-refractivity contribution in [3.05, 3.63) is 29.8 Å². The topological polar surface area (TPSA) is 44.4 Å². The van der Waals surface area contributed by atoms with E-state index in [4.69, 9.17) is 0 Å². The molecule has 1 aromatic rings. The van der Waals surface area contributed by atoms with Crippen molar-refractivity contribution in [2.45, 2.75) is 12.8 Å². The summed E-state index contributed by atoms with van der Waals surface area (Å²) >= 11 is 0. The van der Waals surface area contributed by atoms with Crippen LogP contribution in [0.5, 0.6) is 0 Å². The van der Waals surface area contributed by atoms with Gasteiger partial charge in [0.05, 0.1) is 0 Å². The summed E-state index contributed by atoms with van der Waals surface area (Å²) in [5, 5.41) is 6.86. The molecule has 0 radical (unpaired) electrons. The van der Waals surface area contributed by atoms with Gasteiger partial charge >= 0.3 is 0 Å². The third-order valence-electron chi connectivity index (χ3n) is 3.53. The third kappa shape index (κ3) is 4.69. The maximum Gasteiger partial charge on any atom is 0.253 e.